The van der Waals surface area contributed by atoms with Crippen LogP contribution in [0.3, 0.4) is 0 Å². The summed E-state index contributed by atoms with van der Waals surface area (Å²) >= 11 is 18.4. The predicted octanol–water partition coefficient (Wildman–Crippen LogP) is 4.35. The van der Waals surface area contributed by atoms with E-state index in [1.807, 2.05) is 19.2 Å². The molecule has 94 valence electrons. The molecule has 1 aromatic carbocycles. The molecular weight excluding hydrogens is 291 g/mol. The number of pyridine rings is 1. The number of rotatable bonds is 3. The Labute approximate surface area is 121 Å². The van der Waals surface area contributed by atoms with E-state index in [1.165, 1.54) is 0 Å². The van der Waals surface area contributed by atoms with Crippen molar-refractivity contribution in [3.63, 3.8) is 0 Å². The van der Waals surface area contributed by atoms with E-state index in [0.717, 1.165) is 11.3 Å². The maximum Gasteiger partial charge on any atom is 0.0804 e. The summed E-state index contributed by atoms with van der Waals surface area (Å²) in [4.78, 5) is 4.30. The summed E-state index contributed by atoms with van der Waals surface area (Å²) in [5.74, 6) is 0. The normalized spacial score (nSPS) is 12.4. The van der Waals surface area contributed by atoms with Crippen molar-refractivity contribution in [3.05, 3.63) is 62.9 Å². The molecular formula is C13H11Cl3N2. The fourth-order valence-corrected chi connectivity index (χ4v) is 2.44. The first kappa shape index (κ1) is 13.6. The third kappa shape index (κ3) is 2.62. The quantitative estimate of drug-likeness (QED) is 0.911. The Bertz CT molecular complexity index is 558. The highest BCUT2D eigenvalue weighted by molar-refractivity contribution is 6.42. The molecule has 1 heterocycles. The molecule has 0 aliphatic carbocycles. The predicted molar refractivity (Wildman–Crippen MR) is 76.6 cm³/mol. The maximum atomic E-state index is 6.23. The number of hydrogen-bond donors (Lipinski definition) is 1. The molecule has 1 aromatic heterocycles. The Hall–Kier alpha value is -0.800. The van der Waals surface area contributed by atoms with Crippen LogP contribution in [0.2, 0.25) is 15.1 Å². The first-order valence-corrected chi connectivity index (χ1v) is 6.50. The van der Waals surface area contributed by atoms with Crippen LogP contribution in [0.1, 0.15) is 17.3 Å². The Balaban J connectivity index is 2.53. The van der Waals surface area contributed by atoms with Crippen molar-refractivity contribution in [1.29, 1.82) is 0 Å². The SMILES string of the molecule is CNC(c1cccc(Cl)c1Cl)c1ncccc1Cl. The van der Waals surface area contributed by atoms with Gasteiger partial charge in [0.15, 0.2) is 0 Å². The van der Waals surface area contributed by atoms with E-state index in [1.54, 1.807) is 24.4 Å². The zero-order chi connectivity index (χ0) is 13.1. The Kier molecular flexibility index (Phi) is 4.46. The Morgan fingerprint density at radius 2 is 1.78 bits per heavy atom. The minimum atomic E-state index is -0.190. The average Bonchev–Trinajstić information content (AvgIpc) is 2.37. The number of nitrogens with zero attached hydrogens (tertiary/aromatic N) is 1. The number of benzene rings is 1. The van der Waals surface area contributed by atoms with Crippen molar-refractivity contribution < 1.29 is 0 Å². The fraction of sp³-hybridized carbons (Fsp3) is 0.154. The van der Waals surface area contributed by atoms with Crippen LogP contribution < -0.4 is 5.32 Å². The largest absolute Gasteiger partial charge is 0.308 e. The molecule has 2 aromatic rings. The zero-order valence-electron chi connectivity index (χ0n) is 9.62. The van der Waals surface area contributed by atoms with Crippen LogP contribution >= 0.6 is 34.8 Å². The van der Waals surface area contributed by atoms with E-state index in [2.05, 4.69) is 10.3 Å². The highest BCUT2D eigenvalue weighted by atomic mass is 35.5. The highest BCUT2D eigenvalue weighted by Gasteiger charge is 2.19. The molecule has 0 spiro atoms. The van der Waals surface area contributed by atoms with Crippen molar-refractivity contribution in [2.45, 2.75) is 6.04 Å². The second-order valence-electron chi connectivity index (χ2n) is 3.74. The lowest BCUT2D eigenvalue weighted by atomic mass is 10.0. The van der Waals surface area contributed by atoms with Crippen molar-refractivity contribution in [3.8, 4) is 0 Å². The van der Waals surface area contributed by atoms with Gasteiger partial charge in [0.25, 0.3) is 0 Å². The Morgan fingerprint density at radius 3 is 2.44 bits per heavy atom. The third-order valence-corrected chi connectivity index (χ3v) is 3.79. The van der Waals surface area contributed by atoms with Crippen LogP contribution in [0, 0.1) is 0 Å². The van der Waals surface area contributed by atoms with E-state index >= 15 is 0 Å². The number of aromatic nitrogens is 1. The second-order valence-corrected chi connectivity index (χ2v) is 4.93. The van der Waals surface area contributed by atoms with Gasteiger partial charge in [0.2, 0.25) is 0 Å². The summed E-state index contributed by atoms with van der Waals surface area (Å²) in [5.41, 5.74) is 1.58. The molecule has 5 heteroatoms. The molecule has 0 radical (unpaired) electrons. The van der Waals surface area contributed by atoms with Gasteiger partial charge in [-0.05, 0) is 30.8 Å². The molecule has 0 fully saturated rings. The zero-order valence-corrected chi connectivity index (χ0v) is 11.9. The summed E-state index contributed by atoms with van der Waals surface area (Å²) in [6.07, 6.45) is 1.70. The van der Waals surface area contributed by atoms with E-state index in [4.69, 9.17) is 34.8 Å². The smallest absolute Gasteiger partial charge is 0.0804 e. The lowest BCUT2D eigenvalue weighted by molar-refractivity contribution is 0.671. The topological polar surface area (TPSA) is 24.9 Å². The number of halogens is 3. The summed E-state index contributed by atoms with van der Waals surface area (Å²) in [7, 11) is 1.83. The summed E-state index contributed by atoms with van der Waals surface area (Å²) < 4.78 is 0. The molecule has 0 aliphatic heterocycles. The van der Waals surface area contributed by atoms with Gasteiger partial charge in [-0.3, -0.25) is 4.98 Å². The van der Waals surface area contributed by atoms with Crippen molar-refractivity contribution in [2.24, 2.45) is 0 Å². The molecule has 0 bridgehead atoms. The molecule has 0 aliphatic rings. The standard InChI is InChI=1S/C13H11Cl3N2/c1-17-12(13-10(15)6-3-7-18-13)8-4-2-5-9(14)11(8)16/h2-7,12,17H,1H3. The van der Waals surface area contributed by atoms with Crippen LogP contribution in [0.5, 0.6) is 0 Å². The van der Waals surface area contributed by atoms with Gasteiger partial charge in [-0.25, -0.2) is 0 Å². The third-order valence-electron chi connectivity index (χ3n) is 2.64. The first-order valence-electron chi connectivity index (χ1n) is 5.36. The molecule has 0 saturated carbocycles. The van der Waals surface area contributed by atoms with Crippen LogP contribution in [0.15, 0.2) is 36.5 Å². The van der Waals surface area contributed by atoms with Gasteiger partial charge in [-0.1, -0.05) is 46.9 Å². The van der Waals surface area contributed by atoms with Crippen LogP contribution in [0.4, 0.5) is 0 Å². The molecule has 1 atom stereocenters. The fourth-order valence-electron chi connectivity index (χ4n) is 1.79. The number of nitrogens with one attached hydrogen (secondary N) is 1. The minimum Gasteiger partial charge on any atom is -0.308 e. The summed E-state index contributed by atoms with van der Waals surface area (Å²) in [5, 5.41) is 4.77. The molecule has 0 amide bonds. The van der Waals surface area contributed by atoms with Crippen molar-refractivity contribution >= 4 is 34.8 Å². The van der Waals surface area contributed by atoms with Gasteiger partial charge in [0.1, 0.15) is 0 Å². The van der Waals surface area contributed by atoms with Crippen LogP contribution in [0.25, 0.3) is 0 Å². The molecule has 1 unspecified atom stereocenters. The van der Waals surface area contributed by atoms with Gasteiger partial charge in [0.05, 0.1) is 26.8 Å². The van der Waals surface area contributed by atoms with Gasteiger partial charge in [0, 0.05) is 6.20 Å². The molecule has 2 rings (SSSR count). The lowest BCUT2D eigenvalue weighted by Crippen LogP contribution is -2.19. The Morgan fingerprint density at radius 1 is 1.06 bits per heavy atom. The van der Waals surface area contributed by atoms with Crippen molar-refractivity contribution in [2.75, 3.05) is 7.05 Å². The van der Waals surface area contributed by atoms with E-state index in [9.17, 15) is 0 Å². The summed E-state index contributed by atoms with van der Waals surface area (Å²) in [6.45, 7) is 0. The van der Waals surface area contributed by atoms with E-state index in [0.29, 0.717) is 15.1 Å². The van der Waals surface area contributed by atoms with Crippen LogP contribution in [-0.2, 0) is 0 Å². The minimum absolute atomic E-state index is 0.190. The molecule has 0 saturated heterocycles. The van der Waals surface area contributed by atoms with E-state index < -0.39 is 0 Å². The monoisotopic (exact) mass is 300 g/mol. The van der Waals surface area contributed by atoms with Gasteiger partial charge < -0.3 is 5.32 Å². The van der Waals surface area contributed by atoms with Gasteiger partial charge >= 0.3 is 0 Å². The van der Waals surface area contributed by atoms with Crippen molar-refractivity contribution in [1.82, 2.24) is 10.3 Å². The average molecular weight is 302 g/mol. The van der Waals surface area contributed by atoms with Crippen LogP contribution in [-0.4, -0.2) is 12.0 Å². The molecule has 2 nitrogen and oxygen atoms in total. The van der Waals surface area contributed by atoms with E-state index in [-0.39, 0.29) is 6.04 Å². The lowest BCUT2D eigenvalue weighted by Gasteiger charge is -2.19. The summed E-state index contributed by atoms with van der Waals surface area (Å²) in [6, 6.07) is 8.90. The highest BCUT2D eigenvalue weighted by Crippen LogP contribution is 2.34. The van der Waals surface area contributed by atoms with Gasteiger partial charge in [-0.15, -0.1) is 0 Å². The molecule has 18 heavy (non-hydrogen) atoms. The molecule has 1 N–H and O–H groups in total. The number of hydrogen-bond acceptors (Lipinski definition) is 2. The first-order chi connectivity index (χ1) is 8.65. The maximum absolute atomic E-state index is 6.23. The second kappa shape index (κ2) is 5.89. The van der Waals surface area contributed by atoms with Gasteiger partial charge in [-0.2, -0.15) is 0 Å².